The van der Waals surface area contributed by atoms with Gasteiger partial charge in [-0.25, -0.2) is 8.78 Å². The van der Waals surface area contributed by atoms with Gasteiger partial charge in [0.25, 0.3) is 5.92 Å². The third-order valence-corrected chi connectivity index (χ3v) is 6.28. The smallest absolute Gasteiger partial charge is 0.257 e. The van der Waals surface area contributed by atoms with Crippen LogP contribution in [0.5, 0.6) is 0 Å². The van der Waals surface area contributed by atoms with Crippen LogP contribution in [-0.2, 0) is 21.7 Å². The topological polar surface area (TPSA) is 101 Å². The zero-order valence-electron chi connectivity index (χ0n) is 17.3. The molecule has 1 amide bonds. The van der Waals surface area contributed by atoms with E-state index in [0.717, 1.165) is 18.4 Å². The highest BCUT2D eigenvalue weighted by Gasteiger charge is 2.51. The van der Waals surface area contributed by atoms with Gasteiger partial charge in [0.1, 0.15) is 5.54 Å². The van der Waals surface area contributed by atoms with Crippen molar-refractivity contribution < 1.29 is 18.3 Å². The van der Waals surface area contributed by atoms with Gasteiger partial charge in [-0.15, -0.1) is 0 Å². The van der Waals surface area contributed by atoms with Gasteiger partial charge in [-0.3, -0.25) is 19.5 Å². The summed E-state index contributed by atoms with van der Waals surface area (Å²) in [4.78, 5) is 32.4. The lowest BCUT2D eigenvalue weighted by Gasteiger charge is -2.46. The van der Waals surface area contributed by atoms with Crippen LogP contribution in [0.2, 0.25) is 0 Å². The number of amides is 1. The minimum absolute atomic E-state index is 0.0134. The van der Waals surface area contributed by atoms with Crippen LogP contribution >= 0.6 is 0 Å². The van der Waals surface area contributed by atoms with E-state index in [4.69, 9.17) is 10.5 Å². The van der Waals surface area contributed by atoms with Crippen LogP contribution in [0.25, 0.3) is 0 Å². The second kappa shape index (κ2) is 8.12. The average Bonchev–Trinajstić information content (AvgIpc) is 3.57. The van der Waals surface area contributed by atoms with Gasteiger partial charge in [0.2, 0.25) is 11.5 Å². The monoisotopic (exact) mass is 432 g/mol. The van der Waals surface area contributed by atoms with Crippen molar-refractivity contribution in [1.29, 1.82) is 0 Å². The van der Waals surface area contributed by atoms with E-state index in [0.29, 0.717) is 24.0 Å². The van der Waals surface area contributed by atoms with Crippen molar-refractivity contribution in [3.8, 4) is 0 Å². The summed E-state index contributed by atoms with van der Waals surface area (Å²) in [6, 6.07) is 6.15. The van der Waals surface area contributed by atoms with E-state index < -0.39 is 29.7 Å². The Morgan fingerprint density at radius 3 is 2.71 bits per heavy atom. The number of carbonyl (C=O) groups is 1. The van der Waals surface area contributed by atoms with Gasteiger partial charge in [-0.1, -0.05) is 12.1 Å². The van der Waals surface area contributed by atoms with Gasteiger partial charge in [-0.05, 0) is 37.0 Å². The summed E-state index contributed by atoms with van der Waals surface area (Å²) >= 11 is 0. The summed E-state index contributed by atoms with van der Waals surface area (Å²) in [5.74, 6) is -4.83. The number of likely N-dealkylation sites (tertiary alicyclic amines) is 1. The number of hydrogen-bond acceptors (Lipinski definition) is 5. The number of ether oxygens (including phenoxy) is 1. The summed E-state index contributed by atoms with van der Waals surface area (Å²) < 4.78 is 35.2. The molecule has 2 aliphatic rings. The van der Waals surface area contributed by atoms with Crippen molar-refractivity contribution in [2.75, 3.05) is 13.1 Å². The molecule has 0 spiro atoms. The van der Waals surface area contributed by atoms with Gasteiger partial charge in [-0.2, -0.15) is 0 Å². The zero-order chi connectivity index (χ0) is 22.2. The molecule has 3 heterocycles. The molecule has 2 aromatic rings. The van der Waals surface area contributed by atoms with E-state index >= 15 is 0 Å². The molecule has 2 atom stereocenters. The molecule has 2 fully saturated rings. The van der Waals surface area contributed by atoms with Crippen molar-refractivity contribution >= 4 is 5.91 Å². The van der Waals surface area contributed by atoms with E-state index in [2.05, 4.69) is 9.97 Å². The van der Waals surface area contributed by atoms with Gasteiger partial charge in [0.15, 0.2) is 0 Å². The number of halogens is 2. The Bertz CT molecular complexity index is 986. The molecule has 4 rings (SSSR count). The normalized spacial score (nSPS) is 23.3. The van der Waals surface area contributed by atoms with Crippen molar-refractivity contribution in [3.05, 3.63) is 63.8 Å². The van der Waals surface area contributed by atoms with Crippen LogP contribution in [0.4, 0.5) is 8.78 Å². The Balaban J connectivity index is 1.59. The lowest BCUT2D eigenvalue weighted by atomic mass is 9.83. The average molecular weight is 432 g/mol. The van der Waals surface area contributed by atoms with Crippen LogP contribution in [0, 0.1) is 0 Å². The molecule has 0 radical (unpaired) electrons. The number of aromatic amines is 1. The van der Waals surface area contributed by atoms with E-state index in [9.17, 15) is 18.4 Å². The molecule has 3 N–H and O–H groups in total. The molecular weight excluding hydrogens is 406 g/mol. The van der Waals surface area contributed by atoms with E-state index in [1.54, 1.807) is 24.1 Å². The predicted octanol–water partition coefficient (Wildman–Crippen LogP) is 2.27. The minimum atomic E-state index is -2.98. The summed E-state index contributed by atoms with van der Waals surface area (Å²) in [5, 5.41) is 0. The first kappa shape index (κ1) is 21.6. The fourth-order valence-electron chi connectivity index (χ4n) is 3.99. The summed E-state index contributed by atoms with van der Waals surface area (Å²) in [7, 11) is 0. The molecular formula is C22H26F2N4O3. The van der Waals surface area contributed by atoms with Crippen molar-refractivity contribution in [2.45, 2.75) is 56.3 Å². The molecule has 1 unspecified atom stereocenters. The highest BCUT2D eigenvalue weighted by atomic mass is 19.3. The first-order chi connectivity index (χ1) is 14.7. The number of carbonyl (C=O) groups excluding carboxylic acids is 1. The molecule has 7 nitrogen and oxygen atoms in total. The van der Waals surface area contributed by atoms with Crippen LogP contribution < -0.4 is 11.3 Å². The summed E-state index contributed by atoms with van der Waals surface area (Å²) in [6.45, 7) is 1.94. The Kier molecular flexibility index (Phi) is 5.65. The number of rotatable bonds is 7. The Morgan fingerprint density at radius 1 is 1.35 bits per heavy atom. The number of hydrogen-bond donors (Lipinski definition) is 2. The second-order valence-electron chi connectivity index (χ2n) is 8.49. The Morgan fingerprint density at radius 2 is 2.13 bits per heavy atom. The molecule has 2 aromatic heterocycles. The first-order valence-corrected chi connectivity index (χ1v) is 10.4. The number of alkyl halides is 2. The zero-order valence-corrected chi connectivity index (χ0v) is 17.3. The number of nitrogens with zero attached hydrogens (tertiary/aromatic N) is 2. The van der Waals surface area contributed by atoms with E-state index in [-0.39, 0.29) is 18.6 Å². The number of aromatic nitrogens is 2. The summed E-state index contributed by atoms with van der Waals surface area (Å²) in [6.07, 6.45) is 4.96. The molecule has 1 saturated carbocycles. The number of pyridine rings is 2. The van der Waals surface area contributed by atoms with E-state index in [1.807, 2.05) is 6.07 Å². The second-order valence-corrected chi connectivity index (χ2v) is 8.49. The van der Waals surface area contributed by atoms with Crippen molar-refractivity contribution in [2.24, 2.45) is 5.73 Å². The van der Waals surface area contributed by atoms with E-state index in [1.165, 1.54) is 18.3 Å². The van der Waals surface area contributed by atoms with Gasteiger partial charge in [0, 0.05) is 38.0 Å². The predicted molar refractivity (Wildman–Crippen MR) is 110 cm³/mol. The SMILES string of the molecule is CC(C(N)=O)(c1ccc(COC2CC2)cn1)N1CCC(F)(F)[C@@H](c2ccc(=O)[nH]c2)C1. The highest BCUT2D eigenvalue weighted by molar-refractivity contribution is 5.85. The molecule has 166 valence electrons. The molecule has 31 heavy (non-hydrogen) atoms. The van der Waals surface area contributed by atoms with Crippen LogP contribution in [-0.4, -0.2) is 45.9 Å². The van der Waals surface area contributed by atoms with Crippen LogP contribution in [0.1, 0.15) is 48.9 Å². The Labute approximate surface area is 178 Å². The number of nitrogens with two attached hydrogens (primary N) is 1. The standard InChI is InChI=1S/C22H26F2N4O3/c1-21(20(25)30,18-6-2-14(10-26-18)13-31-16-4-5-16)28-9-8-22(23,24)17(12-28)15-3-7-19(29)27-11-15/h2-3,6-7,10-11,16-17H,4-5,8-9,12-13H2,1H3,(H2,25,30)(H,27,29)/t17-,21?/m1/s1. The molecule has 9 heteroatoms. The van der Waals surface area contributed by atoms with Crippen LogP contribution in [0.15, 0.2) is 41.5 Å². The number of nitrogens with one attached hydrogen (secondary N) is 1. The van der Waals surface area contributed by atoms with Gasteiger partial charge >= 0.3 is 0 Å². The van der Waals surface area contributed by atoms with Gasteiger partial charge < -0.3 is 15.5 Å². The molecule has 1 aliphatic carbocycles. The fraction of sp³-hybridized carbons (Fsp3) is 0.500. The maximum absolute atomic E-state index is 14.8. The lowest BCUT2D eigenvalue weighted by Crippen LogP contribution is -2.59. The molecule has 0 aromatic carbocycles. The van der Waals surface area contributed by atoms with Gasteiger partial charge in [0.05, 0.1) is 24.3 Å². The number of primary amides is 1. The first-order valence-electron chi connectivity index (χ1n) is 10.4. The van der Waals surface area contributed by atoms with Crippen molar-refractivity contribution in [3.63, 3.8) is 0 Å². The maximum atomic E-state index is 14.8. The largest absolute Gasteiger partial charge is 0.373 e. The lowest BCUT2D eigenvalue weighted by molar-refractivity contribution is -0.139. The molecule has 1 saturated heterocycles. The Hall–Kier alpha value is -2.65. The fourth-order valence-corrected chi connectivity index (χ4v) is 3.99. The molecule has 0 bridgehead atoms. The highest BCUT2D eigenvalue weighted by Crippen LogP contribution is 2.43. The minimum Gasteiger partial charge on any atom is -0.373 e. The number of H-pyrrole nitrogens is 1. The summed E-state index contributed by atoms with van der Waals surface area (Å²) in [5.41, 5.74) is 5.64. The third-order valence-electron chi connectivity index (χ3n) is 6.28. The van der Waals surface area contributed by atoms with Crippen LogP contribution in [0.3, 0.4) is 0 Å². The van der Waals surface area contributed by atoms with Crippen molar-refractivity contribution in [1.82, 2.24) is 14.9 Å². The maximum Gasteiger partial charge on any atom is 0.257 e. The third kappa shape index (κ3) is 4.38. The quantitative estimate of drug-likeness (QED) is 0.699. The number of piperidine rings is 1. The molecule has 1 aliphatic heterocycles.